The van der Waals surface area contributed by atoms with E-state index >= 15 is 0 Å². The number of carbonyl (C=O) groups excluding carboxylic acids is 1. The lowest BCUT2D eigenvalue weighted by molar-refractivity contribution is -0.107. The number of anilines is 2. The number of hydrogen-bond donors (Lipinski definition) is 2. The van der Waals surface area contributed by atoms with Gasteiger partial charge in [0.1, 0.15) is 12.1 Å². The Hall–Kier alpha value is -4.14. The van der Waals surface area contributed by atoms with E-state index in [2.05, 4.69) is 42.5 Å². The van der Waals surface area contributed by atoms with E-state index in [1.54, 1.807) is 31.9 Å². The second-order valence-corrected chi connectivity index (χ2v) is 8.68. The van der Waals surface area contributed by atoms with Gasteiger partial charge in [-0.05, 0) is 50.8 Å². The second-order valence-electron chi connectivity index (χ2n) is 8.68. The molecule has 4 rings (SSSR count). The van der Waals surface area contributed by atoms with Crippen LogP contribution in [0.2, 0.25) is 0 Å². The molecule has 0 atom stereocenters. The lowest BCUT2D eigenvalue weighted by Crippen LogP contribution is -2.39. The van der Waals surface area contributed by atoms with Crippen molar-refractivity contribution in [3.05, 3.63) is 66.7 Å². The summed E-state index contributed by atoms with van der Waals surface area (Å²) >= 11 is 0. The van der Waals surface area contributed by atoms with Gasteiger partial charge in [0.15, 0.2) is 0 Å². The molecule has 10 heteroatoms. The Kier molecular flexibility index (Phi) is 12.2. The molecule has 0 spiro atoms. The normalized spacial score (nSPS) is 17.9. The van der Waals surface area contributed by atoms with Crippen molar-refractivity contribution < 1.29 is 17.1 Å². The molecule has 0 aliphatic heterocycles. The maximum atomic E-state index is 9.17. The number of aldehydes is 1. The van der Waals surface area contributed by atoms with Gasteiger partial charge in [-0.3, -0.25) is 4.98 Å². The van der Waals surface area contributed by atoms with E-state index in [1.165, 1.54) is 0 Å². The number of ether oxygens (including phenoxy) is 2. The Balaban J connectivity index is 0.00000215. The summed E-state index contributed by atoms with van der Waals surface area (Å²) in [6.07, 6.45) is 11.8. The maximum Gasteiger partial charge on any atom is 0.232 e. The molecule has 39 heavy (non-hydrogen) atoms. The molecule has 0 saturated heterocycles. The van der Waals surface area contributed by atoms with Crippen molar-refractivity contribution in [3.63, 3.8) is 0 Å². The fourth-order valence-corrected chi connectivity index (χ4v) is 4.38. The van der Waals surface area contributed by atoms with Gasteiger partial charge in [-0.1, -0.05) is 20.9 Å². The van der Waals surface area contributed by atoms with Crippen molar-refractivity contribution >= 4 is 18.1 Å². The first-order valence-electron chi connectivity index (χ1n) is 12.6. The third kappa shape index (κ3) is 7.92. The Morgan fingerprint density at radius 1 is 1.21 bits per heavy atom. The van der Waals surface area contributed by atoms with Crippen molar-refractivity contribution in [1.29, 1.82) is 0 Å². The minimum absolute atomic E-state index is 0. The number of rotatable bonds is 9. The summed E-state index contributed by atoms with van der Waals surface area (Å²) in [4.78, 5) is 31.1. The Labute approximate surface area is 233 Å². The van der Waals surface area contributed by atoms with Gasteiger partial charge < -0.3 is 25.3 Å². The zero-order valence-corrected chi connectivity index (χ0v) is 22.2. The largest absolute Gasteiger partial charge is 0.477 e. The number of nitrogens with one attached hydrogen (secondary N) is 1. The van der Waals surface area contributed by atoms with Crippen molar-refractivity contribution in [2.24, 2.45) is 0 Å². The molecule has 1 saturated carbocycles. The van der Waals surface area contributed by atoms with Crippen LogP contribution in [0.3, 0.4) is 0 Å². The van der Waals surface area contributed by atoms with Crippen molar-refractivity contribution in [1.82, 2.24) is 24.9 Å². The van der Waals surface area contributed by atoms with Gasteiger partial charge in [0.25, 0.3) is 0 Å². The quantitative estimate of drug-likeness (QED) is 0.260. The number of allylic oxidation sites excluding steroid dienone is 1. The van der Waals surface area contributed by atoms with Crippen molar-refractivity contribution in [2.75, 3.05) is 24.8 Å². The molecule has 3 aromatic rings. The Morgan fingerprint density at radius 2 is 1.95 bits per heavy atom. The van der Waals surface area contributed by atoms with E-state index in [9.17, 15) is 4.79 Å². The highest BCUT2D eigenvalue weighted by Gasteiger charge is 2.42. The smallest absolute Gasteiger partial charge is 0.232 e. The topological polar surface area (TPSA) is 138 Å². The molecule has 3 heterocycles. The number of methoxy groups -OCH3 is 1. The van der Waals surface area contributed by atoms with Crippen LogP contribution in [0.15, 0.2) is 61.0 Å². The summed E-state index contributed by atoms with van der Waals surface area (Å²) in [6.45, 7) is 8.22. The van der Waals surface area contributed by atoms with Gasteiger partial charge in [0.2, 0.25) is 11.8 Å². The fraction of sp³-hybridized carbons (Fsp3) is 0.414. The van der Waals surface area contributed by atoms with Gasteiger partial charge in [-0.15, -0.1) is 5.73 Å². The van der Waals surface area contributed by atoms with Crippen LogP contribution >= 0.6 is 0 Å². The molecule has 0 bridgehead atoms. The van der Waals surface area contributed by atoms with Gasteiger partial charge >= 0.3 is 0 Å². The standard InChI is InChI=1S/C25H29N7O2.C3H6O.CH4.2H2/c1-4-20(25(11-8-18(33-3)9-12-25)21-10-13-28-24(26)32-21)31-22-7-6-17(14-29-22)19-15-27-16-23(30-19)34-5-2;1-2-3-4;;;/h6-7,10,13-16,18H,1,5,8-9,11-12H2,2-3H3,(H,29,31)(H2,26,28,32);3H,2H2,1H3;1H4;2*1H. The molecule has 0 unspecified atom stereocenters. The number of nitrogen functional groups attached to an aromatic ring is 1. The average molecular weight is 538 g/mol. The molecule has 1 aliphatic rings. The highest BCUT2D eigenvalue weighted by Crippen LogP contribution is 2.44. The van der Waals surface area contributed by atoms with Crippen LogP contribution in [0.4, 0.5) is 11.8 Å². The van der Waals surface area contributed by atoms with Crippen LogP contribution in [0, 0.1) is 0 Å². The maximum absolute atomic E-state index is 9.17. The molecule has 0 aromatic carbocycles. The third-order valence-corrected chi connectivity index (χ3v) is 6.32. The van der Waals surface area contributed by atoms with Crippen molar-refractivity contribution in [3.8, 4) is 17.1 Å². The van der Waals surface area contributed by atoms with Gasteiger partial charge in [-0.25, -0.2) is 19.9 Å². The summed E-state index contributed by atoms with van der Waals surface area (Å²) < 4.78 is 11.0. The van der Waals surface area contributed by atoms with E-state index in [1.807, 2.05) is 32.0 Å². The highest BCUT2D eigenvalue weighted by atomic mass is 16.5. The second kappa shape index (κ2) is 15.3. The number of aromatic nitrogens is 5. The molecule has 1 fully saturated rings. The molecule has 0 amide bonds. The Morgan fingerprint density at radius 3 is 2.51 bits per heavy atom. The monoisotopic (exact) mass is 537 g/mol. The highest BCUT2D eigenvalue weighted by molar-refractivity contribution is 5.60. The average Bonchev–Trinajstić information content (AvgIpc) is 2.97. The van der Waals surface area contributed by atoms with Gasteiger partial charge in [0.05, 0.1) is 47.6 Å². The Bertz CT molecular complexity index is 1250. The molecule has 3 aromatic heterocycles. The molecular weight excluding hydrogens is 494 g/mol. The van der Waals surface area contributed by atoms with E-state index in [0.29, 0.717) is 30.4 Å². The molecule has 1 aliphatic carbocycles. The SMILES string of the molecule is C.C=C=C(Nc1ccc(-c2cncc(OCC)n2)cn1)C1(c2ccnc(N)n2)CCC(OC)CC1.CCC=O.[HH].[HH]. The lowest BCUT2D eigenvalue weighted by atomic mass is 9.68. The first kappa shape index (κ1) is 31.1. The predicted octanol–water partition coefficient (Wildman–Crippen LogP) is 5.64. The van der Waals surface area contributed by atoms with Crippen LogP contribution in [0.1, 0.15) is 61.9 Å². The number of carbonyl (C=O) groups is 1. The lowest BCUT2D eigenvalue weighted by Gasteiger charge is -2.40. The number of pyridine rings is 1. The summed E-state index contributed by atoms with van der Waals surface area (Å²) in [5, 5.41) is 3.43. The molecule has 0 radical (unpaired) electrons. The summed E-state index contributed by atoms with van der Waals surface area (Å²) in [6, 6.07) is 5.74. The van der Waals surface area contributed by atoms with Crippen LogP contribution in [0.5, 0.6) is 5.88 Å². The fourth-order valence-electron chi connectivity index (χ4n) is 4.38. The molecule has 10 nitrogen and oxygen atoms in total. The van der Waals surface area contributed by atoms with Crippen LogP contribution in [0.25, 0.3) is 11.3 Å². The molecular formula is C29H43N7O3. The van der Waals surface area contributed by atoms with E-state index in [-0.39, 0.29) is 22.3 Å². The minimum atomic E-state index is -0.439. The van der Waals surface area contributed by atoms with E-state index in [4.69, 9.17) is 15.2 Å². The van der Waals surface area contributed by atoms with Gasteiger partial charge in [0, 0.05) is 34.3 Å². The minimum Gasteiger partial charge on any atom is -0.477 e. The van der Waals surface area contributed by atoms with Gasteiger partial charge in [-0.2, -0.15) is 0 Å². The van der Waals surface area contributed by atoms with Crippen LogP contribution in [-0.2, 0) is 14.9 Å². The predicted molar refractivity (Wildman–Crippen MR) is 157 cm³/mol. The van der Waals surface area contributed by atoms with E-state index < -0.39 is 5.41 Å². The van der Waals surface area contributed by atoms with E-state index in [0.717, 1.165) is 48.9 Å². The van der Waals surface area contributed by atoms with Crippen LogP contribution in [-0.4, -0.2) is 51.0 Å². The number of nitrogens with two attached hydrogens (primary N) is 1. The van der Waals surface area contributed by atoms with Crippen molar-refractivity contribution in [2.45, 2.75) is 64.9 Å². The first-order valence-corrected chi connectivity index (χ1v) is 12.6. The zero-order valence-electron chi connectivity index (χ0n) is 22.2. The number of nitrogens with zero attached hydrogens (tertiary/aromatic N) is 5. The van der Waals surface area contributed by atoms with Crippen LogP contribution < -0.4 is 15.8 Å². The molecule has 3 N–H and O–H groups in total. The summed E-state index contributed by atoms with van der Waals surface area (Å²) in [5.74, 6) is 1.39. The molecule has 212 valence electrons. The number of hydrogen-bond acceptors (Lipinski definition) is 10. The third-order valence-electron chi connectivity index (χ3n) is 6.32. The first-order chi connectivity index (χ1) is 18.5. The zero-order chi connectivity index (χ0) is 27.4. The summed E-state index contributed by atoms with van der Waals surface area (Å²) in [5.41, 5.74) is 11.8. The summed E-state index contributed by atoms with van der Waals surface area (Å²) in [7, 11) is 1.75.